The molecule has 0 amide bonds. The van der Waals surface area contributed by atoms with Crippen LogP contribution in [0.3, 0.4) is 0 Å². The van der Waals surface area contributed by atoms with Gasteiger partial charge in [0, 0.05) is 12.1 Å². The van der Waals surface area contributed by atoms with Gasteiger partial charge in [-0.1, -0.05) is 0 Å². The molecule has 15 heavy (non-hydrogen) atoms. The molecule has 2 rings (SSSR count). The van der Waals surface area contributed by atoms with E-state index in [0.29, 0.717) is 12.5 Å². The van der Waals surface area contributed by atoms with Crippen LogP contribution in [0.15, 0.2) is 0 Å². The van der Waals surface area contributed by atoms with Gasteiger partial charge >= 0.3 is 0 Å². The van der Waals surface area contributed by atoms with Crippen LogP contribution < -0.4 is 4.74 Å². The minimum Gasteiger partial charge on any atom is -0.507 e. The van der Waals surface area contributed by atoms with Crippen molar-refractivity contribution in [2.24, 2.45) is 0 Å². The van der Waals surface area contributed by atoms with Crippen molar-refractivity contribution in [3.8, 4) is 11.5 Å². The number of hydrogen-bond acceptors (Lipinski definition) is 3. The zero-order chi connectivity index (χ0) is 11.2. The lowest BCUT2D eigenvalue weighted by Crippen LogP contribution is -2.29. The number of nitrogens with zero attached hydrogens (tertiary/aromatic N) is 1. The molecular formula is C12H17NO2. The Morgan fingerprint density at radius 3 is 2.47 bits per heavy atom. The van der Waals surface area contributed by atoms with Crippen molar-refractivity contribution in [2.75, 3.05) is 13.8 Å². The van der Waals surface area contributed by atoms with Crippen molar-refractivity contribution in [3.05, 3.63) is 22.3 Å². The standard InChI is InChI=1S/C12H17NO2/c1-7-8(2)12-10(9(3)11(7)14)5-13(4)6-15-12/h14H,5-6H2,1-4H3. The SMILES string of the molecule is Cc1c(C)c2c(c(C)c1O)CN(C)CO2. The Balaban J connectivity index is 2.65. The molecule has 0 aliphatic carbocycles. The summed E-state index contributed by atoms with van der Waals surface area (Å²) < 4.78 is 5.70. The average Bonchev–Trinajstić information content (AvgIpc) is 2.23. The predicted octanol–water partition coefficient (Wildman–Crippen LogP) is 2.10. The van der Waals surface area contributed by atoms with Crippen LogP contribution in [-0.4, -0.2) is 23.8 Å². The topological polar surface area (TPSA) is 32.7 Å². The van der Waals surface area contributed by atoms with Gasteiger partial charge in [-0.2, -0.15) is 0 Å². The minimum absolute atomic E-state index is 0.408. The molecule has 0 unspecified atom stereocenters. The lowest BCUT2D eigenvalue weighted by Gasteiger charge is -2.29. The first-order valence-electron chi connectivity index (χ1n) is 5.15. The first-order valence-corrected chi connectivity index (χ1v) is 5.15. The van der Waals surface area contributed by atoms with Crippen LogP contribution in [0.1, 0.15) is 22.3 Å². The van der Waals surface area contributed by atoms with E-state index >= 15 is 0 Å². The fourth-order valence-corrected chi connectivity index (χ4v) is 2.04. The highest BCUT2D eigenvalue weighted by atomic mass is 16.5. The van der Waals surface area contributed by atoms with Crippen molar-refractivity contribution in [3.63, 3.8) is 0 Å². The van der Waals surface area contributed by atoms with E-state index in [2.05, 4.69) is 4.90 Å². The number of phenols is 1. The molecule has 0 radical (unpaired) electrons. The van der Waals surface area contributed by atoms with Crippen molar-refractivity contribution >= 4 is 0 Å². The maximum atomic E-state index is 9.96. The minimum atomic E-state index is 0.408. The zero-order valence-corrected chi connectivity index (χ0v) is 9.72. The lowest BCUT2D eigenvalue weighted by molar-refractivity contribution is 0.120. The van der Waals surface area contributed by atoms with Crippen LogP contribution in [0.5, 0.6) is 11.5 Å². The molecule has 0 atom stereocenters. The summed E-state index contributed by atoms with van der Waals surface area (Å²) in [5.41, 5.74) is 4.04. The quantitative estimate of drug-likeness (QED) is 0.707. The smallest absolute Gasteiger partial charge is 0.142 e. The summed E-state index contributed by atoms with van der Waals surface area (Å²) in [6.07, 6.45) is 0. The van der Waals surface area contributed by atoms with Crippen LogP contribution in [0.2, 0.25) is 0 Å². The summed E-state index contributed by atoms with van der Waals surface area (Å²) in [5.74, 6) is 1.37. The van der Waals surface area contributed by atoms with Gasteiger partial charge in [0.25, 0.3) is 0 Å². The van der Waals surface area contributed by atoms with Crippen LogP contribution in [0.4, 0.5) is 0 Å². The molecule has 0 fully saturated rings. The van der Waals surface area contributed by atoms with Gasteiger partial charge in [0.1, 0.15) is 18.2 Å². The molecule has 0 saturated carbocycles. The third kappa shape index (κ3) is 1.47. The van der Waals surface area contributed by atoms with Gasteiger partial charge in [-0.3, -0.25) is 4.90 Å². The molecule has 0 aromatic heterocycles. The van der Waals surface area contributed by atoms with Crippen LogP contribution in [0.25, 0.3) is 0 Å². The molecule has 1 aliphatic heterocycles. The molecule has 1 aliphatic rings. The van der Waals surface area contributed by atoms with E-state index in [4.69, 9.17) is 4.74 Å². The zero-order valence-electron chi connectivity index (χ0n) is 9.72. The number of aromatic hydroxyl groups is 1. The molecule has 1 N–H and O–H groups in total. The Labute approximate surface area is 90.3 Å². The van der Waals surface area contributed by atoms with Gasteiger partial charge in [-0.25, -0.2) is 0 Å². The second-order valence-corrected chi connectivity index (χ2v) is 4.32. The highest BCUT2D eigenvalue weighted by molar-refractivity contribution is 5.57. The molecular weight excluding hydrogens is 190 g/mol. The van der Waals surface area contributed by atoms with E-state index in [9.17, 15) is 5.11 Å². The van der Waals surface area contributed by atoms with Crippen LogP contribution in [-0.2, 0) is 6.54 Å². The second kappa shape index (κ2) is 3.42. The van der Waals surface area contributed by atoms with E-state index in [1.54, 1.807) is 0 Å². The molecule has 0 spiro atoms. The van der Waals surface area contributed by atoms with Gasteiger partial charge in [-0.05, 0) is 44.5 Å². The summed E-state index contributed by atoms with van der Waals surface area (Å²) in [7, 11) is 2.01. The van der Waals surface area contributed by atoms with E-state index < -0.39 is 0 Å². The van der Waals surface area contributed by atoms with E-state index in [-0.39, 0.29) is 0 Å². The van der Waals surface area contributed by atoms with Crippen LogP contribution >= 0.6 is 0 Å². The number of ether oxygens (including phenoxy) is 1. The van der Waals surface area contributed by atoms with Crippen molar-refractivity contribution in [2.45, 2.75) is 27.3 Å². The van der Waals surface area contributed by atoms with E-state index in [1.165, 1.54) is 0 Å². The summed E-state index contributed by atoms with van der Waals surface area (Å²) in [6, 6.07) is 0. The van der Waals surface area contributed by atoms with Crippen molar-refractivity contribution in [1.29, 1.82) is 0 Å². The third-order valence-electron chi connectivity index (χ3n) is 3.20. The predicted molar refractivity (Wildman–Crippen MR) is 59.3 cm³/mol. The Hall–Kier alpha value is -1.22. The Morgan fingerprint density at radius 2 is 1.80 bits per heavy atom. The largest absolute Gasteiger partial charge is 0.507 e. The monoisotopic (exact) mass is 207 g/mol. The van der Waals surface area contributed by atoms with Crippen LogP contribution in [0, 0.1) is 20.8 Å². The summed E-state index contributed by atoms with van der Waals surface area (Å²) in [6.45, 7) is 7.34. The fraction of sp³-hybridized carbons (Fsp3) is 0.500. The molecule has 82 valence electrons. The maximum absolute atomic E-state index is 9.96. The van der Waals surface area contributed by atoms with Gasteiger partial charge < -0.3 is 9.84 Å². The first kappa shape index (κ1) is 10.3. The average molecular weight is 207 g/mol. The fourth-order valence-electron chi connectivity index (χ4n) is 2.04. The van der Waals surface area contributed by atoms with E-state index in [1.807, 2.05) is 27.8 Å². The van der Waals surface area contributed by atoms with Crippen molar-refractivity contribution < 1.29 is 9.84 Å². The van der Waals surface area contributed by atoms with E-state index in [0.717, 1.165) is 34.5 Å². The molecule has 1 aromatic rings. The summed E-state index contributed by atoms with van der Waals surface area (Å²) in [4.78, 5) is 2.09. The maximum Gasteiger partial charge on any atom is 0.142 e. The van der Waals surface area contributed by atoms with Gasteiger partial charge in [-0.15, -0.1) is 0 Å². The second-order valence-electron chi connectivity index (χ2n) is 4.32. The molecule has 3 nitrogen and oxygen atoms in total. The number of phenolic OH excluding ortho intramolecular Hbond substituents is 1. The van der Waals surface area contributed by atoms with Gasteiger partial charge in [0.2, 0.25) is 0 Å². The highest BCUT2D eigenvalue weighted by Gasteiger charge is 2.22. The number of rotatable bonds is 0. The van der Waals surface area contributed by atoms with Gasteiger partial charge in [0.05, 0.1) is 0 Å². The Morgan fingerprint density at radius 1 is 1.13 bits per heavy atom. The Kier molecular flexibility index (Phi) is 2.35. The Bertz CT molecular complexity index is 413. The molecule has 0 saturated heterocycles. The molecule has 1 heterocycles. The number of fused-ring (bicyclic) bond motifs is 1. The molecule has 3 heteroatoms. The highest BCUT2D eigenvalue weighted by Crippen LogP contribution is 2.39. The van der Waals surface area contributed by atoms with Crippen molar-refractivity contribution in [1.82, 2.24) is 4.90 Å². The van der Waals surface area contributed by atoms with Gasteiger partial charge in [0.15, 0.2) is 0 Å². The molecule has 0 bridgehead atoms. The summed E-state index contributed by atoms with van der Waals surface area (Å²) >= 11 is 0. The first-order chi connectivity index (χ1) is 7.02. The molecule has 1 aromatic carbocycles. The number of hydrogen-bond donors (Lipinski definition) is 1. The lowest BCUT2D eigenvalue weighted by atomic mass is 9.96. The third-order valence-corrected chi connectivity index (χ3v) is 3.20. The number of benzene rings is 1. The summed E-state index contributed by atoms with van der Waals surface area (Å²) in [5, 5.41) is 9.96. The normalized spacial score (nSPS) is 16.0.